The number of hydrogen-bond donors (Lipinski definition) is 3. The van der Waals surface area contributed by atoms with Gasteiger partial charge in [0.1, 0.15) is 0 Å². The molecule has 0 radical (unpaired) electrons. The van der Waals surface area contributed by atoms with Crippen LogP contribution >= 0.6 is 0 Å². The Bertz CT molecular complexity index is 441. The fraction of sp³-hybridized carbons (Fsp3) is 0.714. The monoisotopic (exact) mass is 264 g/mol. The van der Waals surface area contributed by atoms with Crippen molar-refractivity contribution in [3.05, 3.63) is 11.4 Å². The van der Waals surface area contributed by atoms with Crippen molar-refractivity contribution < 1.29 is 4.79 Å². The lowest BCUT2D eigenvalue weighted by molar-refractivity contribution is 0.0945. The third kappa shape index (κ3) is 3.49. The second-order valence-corrected chi connectivity index (χ2v) is 5.79. The number of nitrogen functional groups attached to an aromatic ring is 1. The number of nitrogens with zero attached hydrogens (tertiary/aromatic N) is 1. The van der Waals surface area contributed by atoms with Crippen molar-refractivity contribution in [1.29, 1.82) is 0 Å². The zero-order valence-electron chi connectivity index (χ0n) is 11.8. The molecule has 2 atom stereocenters. The number of H-pyrrole nitrogens is 1. The van der Waals surface area contributed by atoms with Gasteiger partial charge in [0.25, 0.3) is 5.91 Å². The molecular weight excluding hydrogens is 240 g/mol. The average molecular weight is 264 g/mol. The number of rotatable bonds is 4. The minimum Gasteiger partial charge on any atom is -0.395 e. The van der Waals surface area contributed by atoms with Gasteiger partial charge in [-0.25, -0.2) is 0 Å². The third-order valence-corrected chi connectivity index (χ3v) is 4.09. The predicted octanol–water partition coefficient (Wildman–Crippen LogP) is 2.25. The van der Waals surface area contributed by atoms with Crippen LogP contribution in [0.4, 0.5) is 5.69 Å². The molecule has 0 aliphatic heterocycles. The molecule has 106 valence electrons. The minimum absolute atomic E-state index is 0.175. The normalized spacial score (nSPS) is 23.3. The summed E-state index contributed by atoms with van der Waals surface area (Å²) in [5.74, 6) is 1.41. The van der Waals surface area contributed by atoms with E-state index in [4.69, 9.17) is 5.73 Å². The highest BCUT2D eigenvalue weighted by Gasteiger charge is 2.19. The lowest BCUT2D eigenvalue weighted by atomic mass is 9.81. The van der Waals surface area contributed by atoms with E-state index < -0.39 is 0 Å². The maximum Gasteiger partial charge on any atom is 0.273 e. The predicted molar refractivity (Wildman–Crippen MR) is 75.8 cm³/mol. The fourth-order valence-electron chi connectivity index (χ4n) is 2.91. The molecule has 1 aliphatic rings. The zero-order valence-corrected chi connectivity index (χ0v) is 11.8. The van der Waals surface area contributed by atoms with Crippen LogP contribution < -0.4 is 11.1 Å². The van der Waals surface area contributed by atoms with E-state index in [0.29, 0.717) is 17.9 Å². The van der Waals surface area contributed by atoms with Crippen molar-refractivity contribution in [2.24, 2.45) is 11.8 Å². The Morgan fingerprint density at radius 1 is 1.53 bits per heavy atom. The summed E-state index contributed by atoms with van der Waals surface area (Å²) >= 11 is 0. The number of amides is 1. The van der Waals surface area contributed by atoms with Crippen molar-refractivity contribution in [3.8, 4) is 0 Å². The SMILES string of the molecule is Cc1[nH]nc(C(=O)NCCC2CCCC(C)C2)c1N. The Balaban J connectivity index is 1.76. The maximum atomic E-state index is 11.9. The number of aromatic nitrogens is 2. The molecule has 0 aromatic carbocycles. The van der Waals surface area contributed by atoms with E-state index in [2.05, 4.69) is 22.4 Å². The second kappa shape index (κ2) is 6.08. The number of carbonyl (C=O) groups excluding carboxylic acids is 1. The molecule has 0 saturated heterocycles. The summed E-state index contributed by atoms with van der Waals surface area (Å²) in [6.07, 6.45) is 6.32. The van der Waals surface area contributed by atoms with Gasteiger partial charge in [-0.15, -0.1) is 0 Å². The molecule has 5 nitrogen and oxygen atoms in total. The summed E-state index contributed by atoms with van der Waals surface area (Å²) in [5.41, 5.74) is 7.29. The third-order valence-electron chi connectivity index (χ3n) is 4.09. The fourth-order valence-corrected chi connectivity index (χ4v) is 2.91. The molecular formula is C14H24N4O. The highest BCUT2D eigenvalue weighted by atomic mass is 16.1. The largest absolute Gasteiger partial charge is 0.395 e. The van der Waals surface area contributed by atoms with Crippen LogP contribution in [-0.4, -0.2) is 22.6 Å². The summed E-state index contributed by atoms with van der Waals surface area (Å²) in [7, 11) is 0. The lowest BCUT2D eigenvalue weighted by Gasteiger charge is -2.26. The van der Waals surface area contributed by atoms with E-state index in [1.54, 1.807) is 0 Å². The first kappa shape index (κ1) is 13.9. The van der Waals surface area contributed by atoms with Gasteiger partial charge in [-0.05, 0) is 31.6 Å². The molecule has 2 rings (SSSR count). The van der Waals surface area contributed by atoms with Crippen molar-refractivity contribution >= 4 is 11.6 Å². The maximum absolute atomic E-state index is 11.9. The summed E-state index contributed by atoms with van der Waals surface area (Å²) < 4.78 is 0. The molecule has 1 amide bonds. The molecule has 1 saturated carbocycles. The van der Waals surface area contributed by atoms with E-state index in [9.17, 15) is 4.79 Å². The van der Waals surface area contributed by atoms with Crippen molar-refractivity contribution in [2.75, 3.05) is 12.3 Å². The molecule has 5 heteroatoms. The number of aromatic amines is 1. The van der Waals surface area contributed by atoms with Crippen LogP contribution in [0.3, 0.4) is 0 Å². The molecule has 0 bridgehead atoms. The number of anilines is 1. The van der Waals surface area contributed by atoms with Crippen molar-refractivity contribution in [2.45, 2.75) is 46.0 Å². The van der Waals surface area contributed by atoms with Gasteiger partial charge in [-0.1, -0.05) is 26.2 Å². The van der Waals surface area contributed by atoms with Crippen molar-refractivity contribution in [1.82, 2.24) is 15.5 Å². The van der Waals surface area contributed by atoms with Gasteiger partial charge in [0.2, 0.25) is 0 Å². The molecule has 2 unspecified atom stereocenters. The first-order chi connectivity index (χ1) is 9.08. The smallest absolute Gasteiger partial charge is 0.273 e. The van der Waals surface area contributed by atoms with Gasteiger partial charge in [-0.3, -0.25) is 9.89 Å². The van der Waals surface area contributed by atoms with Crippen LogP contribution in [0.1, 0.15) is 55.2 Å². The van der Waals surface area contributed by atoms with Gasteiger partial charge >= 0.3 is 0 Å². The number of aryl methyl sites for hydroxylation is 1. The van der Waals surface area contributed by atoms with E-state index in [0.717, 1.165) is 24.0 Å². The molecule has 1 fully saturated rings. The molecule has 0 spiro atoms. The van der Waals surface area contributed by atoms with Crippen molar-refractivity contribution in [3.63, 3.8) is 0 Å². The summed E-state index contributed by atoms with van der Waals surface area (Å²) in [6, 6.07) is 0. The van der Waals surface area contributed by atoms with Crippen LogP contribution in [0.25, 0.3) is 0 Å². The first-order valence-electron chi connectivity index (χ1n) is 7.16. The van der Waals surface area contributed by atoms with Crippen LogP contribution in [0.5, 0.6) is 0 Å². The van der Waals surface area contributed by atoms with Gasteiger partial charge in [0, 0.05) is 6.54 Å². The molecule has 1 aromatic rings. The molecule has 1 heterocycles. The highest BCUT2D eigenvalue weighted by molar-refractivity contribution is 5.97. The van der Waals surface area contributed by atoms with Gasteiger partial charge in [0.15, 0.2) is 5.69 Å². The Morgan fingerprint density at radius 2 is 2.32 bits per heavy atom. The molecule has 4 N–H and O–H groups in total. The quantitative estimate of drug-likeness (QED) is 0.779. The summed E-state index contributed by atoms with van der Waals surface area (Å²) in [5, 5.41) is 9.57. The topological polar surface area (TPSA) is 83.8 Å². The highest BCUT2D eigenvalue weighted by Crippen LogP contribution is 2.30. The number of nitrogens with two attached hydrogens (primary N) is 1. The summed E-state index contributed by atoms with van der Waals surface area (Å²) in [6.45, 7) is 4.84. The zero-order chi connectivity index (χ0) is 13.8. The molecule has 1 aromatic heterocycles. The number of nitrogens with one attached hydrogen (secondary N) is 2. The van der Waals surface area contributed by atoms with Crippen LogP contribution in [-0.2, 0) is 0 Å². The molecule has 19 heavy (non-hydrogen) atoms. The first-order valence-corrected chi connectivity index (χ1v) is 7.16. The van der Waals surface area contributed by atoms with Crippen LogP contribution in [0, 0.1) is 18.8 Å². The summed E-state index contributed by atoms with van der Waals surface area (Å²) in [4.78, 5) is 11.9. The molecule has 1 aliphatic carbocycles. The lowest BCUT2D eigenvalue weighted by Crippen LogP contribution is -2.28. The number of carbonyl (C=O) groups is 1. The Kier molecular flexibility index (Phi) is 4.45. The Hall–Kier alpha value is -1.52. The van der Waals surface area contributed by atoms with Gasteiger partial charge in [-0.2, -0.15) is 5.10 Å². The van der Waals surface area contributed by atoms with E-state index in [1.165, 1.54) is 25.7 Å². The van der Waals surface area contributed by atoms with Gasteiger partial charge < -0.3 is 11.1 Å². The average Bonchev–Trinajstić information content (AvgIpc) is 2.70. The standard InChI is InChI=1S/C14H24N4O/c1-9-4-3-5-11(8-9)6-7-16-14(19)13-12(15)10(2)17-18-13/h9,11H,3-8,15H2,1-2H3,(H,16,19)(H,17,18). The Morgan fingerprint density at radius 3 is 2.95 bits per heavy atom. The Labute approximate surface area is 114 Å². The van der Waals surface area contributed by atoms with Crippen LogP contribution in [0.15, 0.2) is 0 Å². The van der Waals surface area contributed by atoms with E-state index in [1.807, 2.05) is 6.92 Å². The van der Waals surface area contributed by atoms with Gasteiger partial charge in [0.05, 0.1) is 11.4 Å². The number of hydrogen-bond acceptors (Lipinski definition) is 3. The van der Waals surface area contributed by atoms with E-state index in [-0.39, 0.29) is 5.91 Å². The van der Waals surface area contributed by atoms with Crippen LogP contribution in [0.2, 0.25) is 0 Å². The second-order valence-electron chi connectivity index (χ2n) is 5.79. The van der Waals surface area contributed by atoms with E-state index >= 15 is 0 Å². The minimum atomic E-state index is -0.175.